The predicted molar refractivity (Wildman–Crippen MR) is 71.2 cm³/mol. The summed E-state index contributed by atoms with van der Waals surface area (Å²) in [5, 5.41) is 11.9. The van der Waals surface area contributed by atoms with Gasteiger partial charge in [-0.3, -0.25) is 4.79 Å². The van der Waals surface area contributed by atoms with E-state index in [1.54, 1.807) is 25.2 Å². The Morgan fingerprint density at radius 1 is 1.56 bits per heavy atom. The van der Waals surface area contributed by atoms with E-state index in [-0.39, 0.29) is 11.7 Å². The maximum atomic E-state index is 12.0. The SMILES string of the molecule is Cc1cc(C(=O)N(C)CC/C(N)=N/O)ccc1Cl. The lowest BCUT2D eigenvalue weighted by molar-refractivity contribution is 0.0798. The number of amides is 1. The summed E-state index contributed by atoms with van der Waals surface area (Å²) >= 11 is 5.90. The fourth-order valence-electron chi connectivity index (χ4n) is 1.43. The van der Waals surface area contributed by atoms with Gasteiger partial charge >= 0.3 is 0 Å². The number of rotatable bonds is 4. The molecule has 0 aliphatic rings. The Labute approximate surface area is 111 Å². The van der Waals surface area contributed by atoms with E-state index >= 15 is 0 Å². The van der Waals surface area contributed by atoms with Crippen molar-refractivity contribution in [3.05, 3.63) is 34.3 Å². The number of hydrogen-bond donors (Lipinski definition) is 2. The zero-order valence-corrected chi connectivity index (χ0v) is 11.1. The van der Waals surface area contributed by atoms with Crippen LogP contribution in [0.4, 0.5) is 0 Å². The van der Waals surface area contributed by atoms with Gasteiger partial charge in [0.15, 0.2) is 0 Å². The number of aryl methyl sites for hydroxylation is 1. The minimum Gasteiger partial charge on any atom is -0.409 e. The monoisotopic (exact) mass is 269 g/mol. The lowest BCUT2D eigenvalue weighted by atomic mass is 10.1. The number of carbonyl (C=O) groups excluding carboxylic acids is 1. The topological polar surface area (TPSA) is 78.9 Å². The van der Waals surface area contributed by atoms with Crippen LogP contribution in [0.5, 0.6) is 0 Å². The first-order valence-electron chi connectivity index (χ1n) is 5.43. The first kappa shape index (κ1) is 14.3. The summed E-state index contributed by atoms with van der Waals surface area (Å²) in [7, 11) is 1.66. The highest BCUT2D eigenvalue weighted by Crippen LogP contribution is 2.17. The number of nitrogens with two attached hydrogens (primary N) is 1. The van der Waals surface area contributed by atoms with Crippen molar-refractivity contribution < 1.29 is 10.0 Å². The Bertz CT molecular complexity index is 474. The van der Waals surface area contributed by atoms with Gasteiger partial charge < -0.3 is 15.8 Å². The standard InChI is InChI=1S/C12H16ClN3O2/c1-8-7-9(3-4-10(8)13)12(17)16(2)6-5-11(14)15-18/h3-4,7,18H,5-6H2,1-2H3,(H2,14,15). The number of amidine groups is 1. The van der Waals surface area contributed by atoms with E-state index < -0.39 is 0 Å². The second-order valence-corrected chi connectivity index (χ2v) is 4.44. The van der Waals surface area contributed by atoms with Crippen molar-refractivity contribution in [2.75, 3.05) is 13.6 Å². The van der Waals surface area contributed by atoms with Crippen LogP contribution in [0.1, 0.15) is 22.3 Å². The van der Waals surface area contributed by atoms with Crippen LogP contribution in [-0.2, 0) is 0 Å². The molecule has 0 aromatic heterocycles. The van der Waals surface area contributed by atoms with Crippen LogP contribution in [0.15, 0.2) is 23.4 Å². The fraction of sp³-hybridized carbons (Fsp3) is 0.333. The smallest absolute Gasteiger partial charge is 0.253 e. The van der Waals surface area contributed by atoms with Crippen LogP contribution in [0.3, 0.4) is 0 Å². The van der Waals surface area contributed by atoms with Crippen molar-refractivity contribution in [2.24, 2.45) is 10.9 Å². The average Bonchev–Trinajstić information content (AvgIpc) is 2.37. The predicted octanol–water partition coefficient (Wildman–Crippen LogP) is 1.86. The molecule has 0 saturated carbocycles. The van der Waals surface area contributed by atoms with Gasteiger partial charge in [0.1, 0.15) is 5.84 Å². The second kappa shape index (κ2) is 6.26. The largest absolute Gasteiger partial charge is 0.409 e. The van der Waals surface area contributed by atoms with Gasteiger partial charge in [-0.25, -0.2) is 0 Å². The number of oxime groups is 1. The van der Waals surface area contributed by atoms with Crippen LogP contribution in [0.25, 0.3) is 0 Å². The van der Waals surface area contributed by atoms with Crippen molar-refractivity contribution in [1.82, 2.24) is 4.90 Å². The van der Waals surface area contributed by atoms with Crippen molar-refractivity contribution in [3.8, 4) is 0 Å². The Kier molecular flexibility index (Phi) is 4.97. The number of halogens is 1. The molecule has 5 nitrogen and oxygen atoms in total. The molecular weight excluding hydrogens is 254 g/mol. The third-order valence-electron chi connectivity index (χ3n) is 2.58. The third kappa shape index (κ3) is 3.63. The maximum absolute atomic E-state index is 12.0. The normalized spacial score (nSPS) is 11.4. The first-order valence-corrected chi connectivity index (χ1v) is 5.81. The number of nitrogens with zero attached hydrogens (tertiary/aromatic N) is 2. The maximum Gasteiger partial charge on any atom is 0.253 e. The molecule has 1 rings (SSSR count). The van der Waals surface area contributed by atoms with E-state index in [2.05, 4.69) is 5.16 Å². The summed E-state index contributed by atoms with van der Waals surface area (Å²) in [4.78, 5) is 13.6. The highest BCUT2D eigenvalue weighted by molar-refractivity contribution is 6.31. The van der Waals surface area contributed by atoms with Crippen molar-refractivity contribution in [2.45, 2.75) is 13.3 Å². The van der Waals surface area contributed by atoms with Gasteiger partial charge in [-0.2, -0.15) is 0 Å². The molecule has 18 heavy (non-hydrogen) atoms. The molecule has 0 atom stereocenters. The molecule has 0 spiro atoms. The highest BCUT2D eigenvalue weighted by atomic mass is 35.5. The lowest BCUT2D eigenvalue weighted by Gasteiger charge is -2.17. The van der Waals surface area contributed by atoms with E-state index in [9.17, 15) is 4.79 Å². The van der Waals surface area contributed by atoms with Gasteiger partial charge in [0.2, 0.25) is 0 Å². The molecule has 0 radical (unpaired) electrons. The van der Waals surface area contributed by atoms with Crippen molar-refractivity contribution in [3.63, 3.8) is 0 Å². The van der Waals surface area contributed by atoms with Gasteiger partial charge in [-0.1, -0.05) is 16.8 Å². The summed E-state index contributed by atoms with van der Waals surface area (Å²) in [5.74, 6) is -0.0255. The van der Waals surface area contributed by atoms with Gasteiger partial charge in [-0.15, -0.1) is 0 Å². The van der Waals surface area contributed by atoms with Crippen LogP contribution in [0.2, 0.25) is 5.02 Å². The summed E-state index contributed by atoms with van der Waals surface area (Å²) in [6.45, 7) is 2.23. The zero-order valence-electron chi connectivity index (χ0n) is 10.4. The molecule has 0 unspecified atom stereocenters. The van der Waals surface area contributed by atoms with Crippen LogP contribution >= 0.6 is 11.6 Å². The lowest BCUT2D eigenvalue weighted by Crippen LogP contribution is -2.30. The second-order valence-electron chi connectivity index (χ2n) is 4.03. The van der Waals surface area contributed by atoms with E-state index in [0.717, 1.165) is 5.56 Å². The molecule has 1 aromatic carbocycles. The zero-order chi connectivity index (χ0) is 13.7. The molecule has 1 aromatic rings. The van der Waals surface area contributed by atoms with E-state index in [0.29, 0.717) is 23.6 Å². The van der Waals surface area contributed by atoms with Crippen molar-refractivity contribution in [1.29, 1.82) is 0 Å². The van der Waals surface area contributed by atoms with E-state index in [4.69, 9.17) is 22.5 Å². The minimum atomic E-state index is -0.125. The average molecular weight is 270 g/mol. The van der Waals surface area contributed by atoms with Gasteiger partial charge in [-0.05, 0) is 30.7 Å². The van der Waals surface area contributed by atoms with Crippen molar-refractivity contribution >= 4 is 23.3 Å². The first-order chi connectivity index (χ1) is 8.45. The Balaban J connectivity index is 2.71. The van der Waals surface area contributed by atoms with Gasteiger partial charge in [0, 0.05) is 30.6 Å². The molecule has 0 bridgehead atoms. The van der Waals surface area contributed by atoms with Crippen LogP contribution in [0, 0.1) is 6.92 Å². The summed E-state index contributed by atoms with van der Waals surface area (Å²) in [6, 6.07) is 5.11. The summed E-state index contributed by atoms with van der Waals surface area (Å²) < 4.78 is 0. The molecule has 0 saturated heterocycles. The molecule has 1 amide bonds. The van der Waals surface area contributed by atoms with Gasteiger partial charge in [0.25, 0.3) is 5.91 Å². The summed E-state index contributed by atoms with van der Waals surface area (Å²) in [6.07, 6.45) is 0.325. The molecule has 98 valence electrons. The molecule has 0 fully saturated rings. The molecular formula is C12H16ClN3O2. The van der Waals surface area contributed by atoms with E-state index in [1.807, 2.05) is 6.92 Å². The molecule has 0 aliphatic carbocycles. The number of carbonyl (C=O) groups is 1. The summed E-state index contributed by atoms with van der Waals surface area (Å²) in [5.41, 5.74) is 6.77. The minimum absolute atomic E-state index is 0.0990. The quantitative estimate of drug-likeness (QED) is 0.379. The Hall–Kier alpha value is -1.75. The Morgan fingerprint density at radius 3 is 2.78 bits per heavy atom. The highest BCUT2D eigenvalue weighted by Gasteiger charge is 2.12. The van der Waals surface area contributed by atoms with Gasteiger partial charge in [0.05, 0.1) is 0 Å². The van der Waals surface area contributed by atoms with Crippen LogP contribution < -0.4 is 5.73 Å². The third-order valence-corrected chi connectivity index (χ3v) is 3.01. The molecule has 0 aliphatic heterocycles. The molecule has 3 N–H and O–H groups in total. The molecule has 6 heteroatoms. The number of hydrogen-bond acceptors (Lipinski definition) is 3. The Morgan fingerprint density at radius 2 is 2.22 bits per heavy atom. The number of benzene rings is 1. The fourth-order valence-corrected chi connectivity index (χ4v) is 1.55. The molecule has 0 heterocycles. The van der Waals surface area contributed by atoms with E-state index in [1.165, 1.54) is 4.90 Å². The van der Waals surface area contributed by atoms with Crippen LogP contribution in [-0.4, -0.2) is 35.4 Å².